The molecule has 3 heterocycles. The molecule has 194 valence electrons. The highest BCUT2D eigenvalue weighted by Crippen LogP contribution is 2.33. The van der Waals surface area contributed by atoms with Crippen LogP contribution in [0.2, 0.25) is 0 Å². The number of unbranched alkanes of at least 4 members (excludes halogenated alkanes) is 1. The van der Waals surface area contributed by atoms with E-state index in [1.165, 1.54) is 17.7 Å². The van der Waals surface area contributed by atoms with Crippen molar-refractivity contribution in [1.82, 2.24) is 29.8 Å². The number of hydrogen-bond acceptors (Lipinski definition) is 7. The number of nitrogens with two attached hydrogens (primary N) is 1. The number of aryl methyl sites for hydroxylation is 1. The van der Waals surface area contributed by atoms with Crippen LogP contribution in [0.3, 0.4) is 0 Å². The maximum Gasteiger partial charge on any atom is 0.352 e. The van der Waals surface area contributed by atoms with Crippen molar-refractivity contribution in [2.75, 3.05) is 13.1 Å². The van der Waals surface area contributed by atoms with Crippen molar-refractivity contribution >= 4 is 17.0 Å². The smallest absolute Gasteiger partial charge is 0.352 e. The van der Waals surface area contributed by atoms with E-state index in [4.69, 9.17) is 20.8 Å². The second-order valence-corrected chi connectivity index (χ2v) is 8.93. The zero-order valence-corrected chi connectivity index (χ0v) is 20.4. The molecule has 3 aromatic heterocycles. The van der Waals surface area contributed by atoms with Gasteiger partial charge >= 0.3 is 11.7 Å². The van der Waals surface area contributed by atoms with Crippen LogP contribution in [0.25, 0.3) is 11.0 Å². The molecule has 1 aliphatic rings. The molecule has 1 aromatic carbocycles. The highest BCUT2D eigenvalue weighted by Gasteiger charge is 2.27. The summed E-state index contributed by atoms with van der Waals surface area (Å²) in [5.74, 6) is -0.310. The minimum absolute atomic E-state index is 0.367. The lowest BCUT2D eigenvalue weighted by atomic mass is 9.90. The Morgan fingerprint density at radius 2 is 1.95 bits per heavy atom. The molecule has 4 aromatic rings. The van der Waals surface area contributed by atoms with Gasteiger partial charge in [0.05, 0.1) is 29.3 Å². The summed E-state index contributed by atoms with van der Waals surface area (Å²) in [6.45, 7) is 2.59. The number of hydrogen-bond donors (Lipinski definition) is 5. The predicted octanol–water partition coefficient (Wildman–Crippen LogP) is 2.34. The summed E-state index contributed by atoms with van der Waals surface area (Å²) in [6, 6.07) is 13.7. The van der Waals surface area contributed by atoms with Crippen LogP contribution in [-0.2, 0) is 13.0 Å². The number of aromatic carboxylic acids is 1. The number of nitrogens with zero attached hydrogens (tertiary/aromatic N) is 3. The van der Waals surface area contributed by atoms with Gasteiger partial charge in [0.25, 0.3) is 5.56 Å². The highest BCUT2D eigenvalue weighted by molar-refractivity contribution is 5.84. The third kappa shape index (κ3) is 6.78. The Labute approximate surface area is 212 Å². The van der Waals surface area contributed by atoms with Crippen molar-refractivity contribution in [3.63, 3.8) is 0 Å². The van der Waals surface area contributed by atoms with Gasteiger partial charge in [0.2, 0.25) is 0 Å². The van der Waals surface area contributed by atoms with Crippen LogP contribution < -0.4 is 17.0 Å². The number of aromatic nitrogens is 5. The van der Waals surface area contributed by atoms with Crippen molar-refractivity contribution in [2.24, 2.45) is 5.73 Å². The normalized spacial score (nSPS) is 14.7. The lowest BCUT2D eigenvalue weighted by Crippen LogP contribution is -2.33. The quantitative estimate of drug-likeness (QED) is 0.227. The van der Waals surface area contributed by atoms with Crippen LogP contribution in [0.5, 0.6) is 0 Å². The second kappa shape index (κ2) is 12.2. The second-order valence-electron chi connectivity index (χ2n) is 8.93. The first kappa shape index (κ1) is 26.0. The summed E-state index contributed by atoms with van der Waals surface area (Å²) in [4.78, 5) is 50.4. The molecule has 0 saturated carbocycles. The molecular formula is C26H31N7O4. The Morgan fingerprint density at radius 1 is 1.11 bits per heavy atom. The fourth-order valence-corrected chi connectivity index (χ4v) is 4.60. The summed E-state index contributed by atoms with van der Waals surface area (Å²) in [5.41, 5.74) is 8.54. The molecule has 37 heavy (non-hydrogen) atoms. The summed E-state index contributed by atoms with van der Waals surface area (Å²) < 4.78 is 0. The molecule has 0 saturated heterocycles. The standard InChI is InChI=1S/C21H27N5.C5H4N2O4/c22-12-3-4-14-26(15-20-24-17-9-1-2-10-18(17)25-20)19-11-5-7-16-8-6-13-23-21(16)19;8-3-1-2(4(9)10)6-5(11)7-3/h1-2,6,8-10,13,19H,3-5,7,11-12,14-15,22H2,(H,24,25);1H,(H,9,10)(H2,6,7,8,11). The van der Waals surface area contributed by atoms with Gasteiger partial charge in [0.15, 0.2) is 0 Å². The van der Waals surface area contributed by atoms with Crippen LogP contribution in [-0.4, -0.2) is 54.0 Å². The van der Waals surface area contributed by atoms with Crippen LogP contribution in [0.1, 0.15) is 59.3 Å². The number of pyridine rings is 1. The summed E-state index contributed by atoms with van der Waals surface area (Å²) in [5, 5.41) is 8.31. The number of nitrogens with one attached hydrogen (secondary N) is 3. The lowest BCUT2D eigenvalue weighted by Gasteiger charge is -2.34. The van der Waals surface area contributed by atoms with Gasteiger partial charge in [0, 0.05) is 12.3 Å². The molecule has 1 atom stereocenters. The molecule has 6 N–H and O–H groups in total. The molecule has 0 aliphatic heterocycles. The lowest BCUT2D eigenvalue weighted by molar-refractivity contribution is 0.0689. The van der Waals surface area contributed by atoms with E-state index in [2.05, 4.69) is 34.1 Å². The van der Waals surface area contributed by atoms with Crippen LogP contribution in [0.4, 0.5) is 0 Å². The van der Waals surface area contributed by atoms with Crippen molar-refractivity contribution in [2.45, 2.75) is 44.7 Å². The van der Waals surface area contributed by atoms with Gasteiger partial charge in [-0.1, -0.05) is 18.2 Å². The molecule has 0 spiro atoms. The van der Waals surface area contributed by atoms with Crippen molar-refractivity contribution < 1.29 is 9.90 Å². The highest BCUT2D eigenvalue weighted by atomic mass is 16.4. The van der Waals surface area contributed by atoms with Gasteiger partial charge < -0.3 is 20.8 Å². The maximum atomic E-state index is 10.5. The molecule has 0 radical (unpaired) electrons. The van der Waals surface area contributed by atoms with E-state index >= 15 is 0 Å². The van der Waals surface area contributed by atoms with E-state index in [0.717, 1.165) is 68.2 Å². The molecule has 11 nitrogen and oxygen atoms in total. The van der Waals surface area contributed by atoms with Gasteiger partial charge in [-0.15, -0.1) is 0 Å². The van der Waals surface area contributed by atoms with Crippen LogP contribution in [0.15, 0.2) is 58.3 Å². The minimum atomic E-state index is -1.34. The summed E-state index contributed by atoms with van der Waals surface area (Å²) in [6.07, 6.45) is 7.61. The molecule has 11 heteroatoms. The molecule has 5 rings (SSSR count). The Hall–Kier alpha value is -4.09. The number of benzene rings is 1. The van der Waals surface area contributed by atoms with Crippen molar-refractivity contribution in [1.29, 1.82) is 0 Å². The minimum Gasteiger partial charge on any atom is -0.477 e. The van der Waals surface area contributed by atoms with E-state index in [9.17, 15) is 14.4 Å². The first-order valence-corrected chi connectivity index (χ1v) is 12.3. The molecule has 0 amide bonds. The predicted molar refractivity (Wildman–Crippen MR) is 139 cm³/mol. The number of carbonyl (C=O) groups is 1. The van der Waals surface area contributed by atoms with Gasteiger partial charge in [-0.3, -0.25) is 19.7 Å². The van der Waals surface area contributed by atoms with Gasteiger partial charge in [-0.25, -0.2) is 14.6 Å². The number of fused-ring (bicyclic) bond motifs is 2. The average molecular weight is 506 g/mol. The third-order valence-corrected chi connectivity index (χ3v) is 6.29. The Morgan fingerprint density at radius 3 is 2.70 bits per heavy atom. The zero-order chi connectivity index (χ0) is 26.2. The van der Waals surface area contributed by atoms with E-state index in [1.54, 1.807) is 0 Å². The third-order valence-electron chi connectivity index (χ3n) is 6.29. The Balaban J connectivity index is 0.000000245. The maximum absolute atomic E-state index is 10.5. The van der Waals surface area contributed by atoms with E-state index in [-0.39, 0.29) is 0 Å². The van der Waals surface area contributed by atoms with E-state index in [0.29, 0.717) is 6.04 Å². The largest absolute Gasteiger partial charge is 0.477 e. The molecule has 1 aliphatic carbocycles. The number of H-pyrrole nitrogens is 3. The Kier molecular flexibility index (Phi) is 8.60. The fraction of sp³-hybridized carbons (Fsp3) is 0.346. The number of carboxylic acid groups (broad SMARTS) is 1. The molecule has 0 bridgehead atoms. The Bertz CT molecular complexity index is 1400. The summed E-state index contributed by atoms with van der Waals surface area (Å²) >= 11 is 0. The summed E-state index contributed by atoms with van der Waals surface area (Å²) in [7, 11) is 0. The SMILES string of the molecule is NCCCCN(Cc1nc2ccccc2[nH]1)C1CCCc2cccnc21.O=C(O)c1cc(=O)[nH]c(=O)[nH]1. The van der Waals surface area contributed by atoms with E-state index < -0.39 is 22.9 Å². The first-order chi connectivity index (χ1) is 17.9. The van der Waals surface area contributed by atoms with Gasteiger partial charge in [-0.05, 0) is 69.0 Å². The van der Waals surface area contributed by atoms with Gasteiger partial charge in [-0.2, -0.15) is 0 Å². The first-order valence-electron chi connectivity index (χ1n) is 12.3. The molecular weight excluding hydrogens is 474 g/mol. The average Bonchev–Trinajstić information content (AvgIpc) is 3.30. The topological polar surface area (TPSA) is 174 Å². The number of imidazole rings is 1. The zero-order valence-electron chi connectivity index (χ0n) is 20.4. The number of rotatable bonds is 8. The fourth-order valence-electron chi connectivity index (χ4n) is 4.60. The number of para-hydroxylation sites is 2. The molecule has 0 fully saturated rings. The number of aromatic amines is 3. The van der Waals surface area contributed by atoms with Crippen molar-refractivity contribution in [3.8, 4) is 0 Å². The van der Waals surface area contributed by atoms with Crippen molar-refractivity contribution in [3.05, 3.63) is 92.3 Å². The van der Waals surface area contributed by atoms with Crippen LogP contribution in [0, 0.1) is 0 Å². The van der Waals surface area contributed by atoms with E-state index in [1.807, 2.05) is 28.3 Å². The molecule has 1 unspecified atom stereocenters. The number of carboxylic acids is 1. The van der Waals surface area contributed by atoms with Gasteiger partial charge in [0.1, 0.15) is 11.5 Å². The van der Waals surface area contributed by atoms with Crippen LogP contribution >= 0.6 is 0 Å². The monoisotopic (exact) mass is 505 g/mol.